The molecule has 1 heterocycles. The van der Waals surface area contributed by atoms with Crippen molar-refractivity contribution in [2.75, 3.05) is 11.5 Å². The van der Waals surface area contributed by atoms with E-state index >= 15 is 0 Å². The van der Waals surface area contributed by atoms with Gasteiger partial charge in [-0.05, 0) is 68.7 Å². The summed E-state index contributed by atoms with van der Waals surface area (Å²) in [6.07, 6.45) is 3.25. The summed E-state index contributed by atoms with van der Waals surface area (Å²) in [5, 5.41) is 0.886. The molecule has 1 atom stereocenters. The molecule has 1 aromatic carbocycles. The van der Waals surface area contributed by atoms with E-state index in [-0.39, 0.29) is 23.3 Å². The number of benzene rings is 1. The van der Waals surface area contributed by atoms with Gasteiger partial charge < -0.3 is 10.5 Å². The van der Waals surface area contributed by atoms with E-state index in [0.29, 0.717) is 0 Å². The first-order chi connectivity index (χ1) is 12.0. The molecule has 1 aliphatic carbocycles. The number of ether oxygens (including phenoxy) is 1. The van der Waals surface area contributed by atoms with Crippen LogP contribution >= 0.6 is 11.8 Å². The Morgan fingerprint density at radius 3 is 2.77 bits per heavy atom. The summed E-state index contributed by atoms with van der Waals surface area (Å²) < 4.78 is 5.49. The number of nitrogen functional groups attached to an aromatic ring is 1. The molecule has 0 aromatic heterocycles. The lowest BCUT2D eigenvalue weighted by Crippen LogP contribution is -2.40. The van der Waals surface area contributed by atoms with Gasteiger partial charge in [-0.25, -0.2) is 0 Å². The third-order valence-corrected chi connectivity index (χ3v) is 5.89. The fourth-order valence-corrected chi connectivity index (χ4v) is 5.36. The molecule has 0 fully saturated rings. The van der Waals surface area contributed by atoms with E-state index in [1.54, 1.807) is 11.8 Å². The maximum Gasteiger partial charge on any atom is 0.312 e. The Morgan fingerprint density at radius 1 is 1.35 bits per heavy atom. The van der Waals surface area contributed by atoms with Gasteiger partial charge in [-0.2, -0.15) is 0 Å². The van der Waals surface area contributed by atoms with E-state index in [4.69, 9.17) is 15.5 Å². The van der Waals surface area contributed by atoms with Crippen molar-refractivity contribution >= 4 is 28.5 Å². The summed E-state index contributed by atoms with van der Waals surface area (Å²) in [5.41, 5.74) is 8.90. The van der Waals surface area contributed by atoms with E-state index in [0.717, 1.165) is 35.7 Å². The number of hydrogen-bond acceptors (Lipinski definition) is 5. The number of anilines is 1. The minimum Gasteiger partial charge on any atom is -0.460 e. The monoisotopic (exact) mass is 374 g/mol. The number of aliphatic imine (C=N–C) groups is 1. The molecule has 0 amide bonds. The van der Waals surface area contributed by atoms with E-state index < -0.39 is 5.60 Å². The van der Waals surface area contributed by atoms with Crippen LogP contribution in [-0.4, -0.2) is 22.4 Å². The number of thioether (sulfide) groups is 1. The van der Waals surface area contributed by atoms with Gasteiger partial charge >= 0.3 is 5.97 Å². The predicted octanol–water partition coefficient (Wildman–Crippen LogP) is 4.70. The Hall–Kier alpha value is -1.49. The smallest absolute Gasteiger partial charge is 0.312 e. The molecule has 0 saturated carbocycles. The molecule has 0 bridgehead atoms. The second kappa shape index (κ2) is 6.59. The van der Waals surface area contributed by atoms with Gasteiger partial charge in [0.1, 0.15) is 5.60 Å². The normalized spacial score (nSPS) is 24.7. The Bertz CT molecular complexity index is 749. The van der Waals surface area contributed by atoms with Crippen molar-refractivity contribution in [3.63, 3.8) is 0 Å². The van der Waals surface area contributed by atoms with Crippen LogP contribution in [0.5, 0.6) is 0 Å². The fraction of sp³-hybridized carbons (Fsp3) is 0.619. The zero-order valence-corrected chi connectivity index (χ0v) is 17.3. The zero-order chi connectivity index (χ0) is 19.2. The molecular formula is C21H30N2O2S. The van der Waals surface area contributed by atoms with Gasteiger partial charge in [0.2, 0.25) is 0 Å². The number of fused-ring (bicyclic) bond motifs is 2. The maximum atomic E-state index is 12.3. The van der Waals surface area contributed by atoms with Crippen molar-refractivity contribution in [1.82, 2.24) is 0 Å². The van der Waals surface area contributed by atoms with Crippen molar-refractivity contribution in [3.05, 3.63) is 29.3 Å². The molecule has 1 spiro atoms. The number of carbonyl (C=O) groups excluding carboxylic acids is 1. The van der Waals surface area contributed by atoms with Crippen molar-refractivity contribution < 1.29 is 9.53 Å². The lowest BCUT2D eigenvalue weighted by Gasteiger charge is -2.46. The van der Waals surface area contributed by atoms with Gasteiger partial charge in [-0.15, -0.1) is 11.8 Å². The molecule has 26 heavy (non-hydrogen) atoms. The van der Waals surface area contributed by atoms with Crippen LogP contribution in [0.15, 0.2) is 23.2 Å². The highest BCUT2D eigenvalue weighted by atomic mass is 32.2. The first-order valence-electron chi connectivity index (χ1n) is 9.30. The fourth-order valence-electron chi connectivity index (χ4n) is 4.23. The topological polar surface area (TPSA) is 64.7 Å². The molecule has 1 aromatic rings. The first kappa shape index (κ1) is 19.3. The van der Waals surface area contributed by atoms with Crippen LogP contribution in [0.2, 0.25) is 0 Å². The Labute approximate surface area is 161 Å². The van der Waals surface area contributed by atoms with Crippen LogP contribution in [-0.2, 0) is 21.5 Å². The molecule has 0 saturated heterocycles. The summed E-state index contributed by atoms with van der Waals surface area (Å²) >= 11 is 1.68. The van der Waals surface area contributed by atoms with E-state index in [2.05, 4.69) is 26.0 Å². The van der Waals surface area contributed by atoms with Crippen molar-refractivity contribution in [2.24, 2.45) is 10.4 Å². The summed E-state index contributed by atoms with van der Waals surface area (Å²) in [6, 6.07) is 6.23. The highest BCUT2D eigenvalue weighted by Crippen LogP contribution is 2.51. The third kappa shape index (κ3) is 4.25. The molecule has 142 valence electrons. The molecule has 0 radical (unpaired) electrons. The van der Waals surface area contributed by atoms with E-state index in [1.165, 1.54) is 11.1 Å². The summed E-state index contributed by atoms with van der Waals surface area (Å²) in [5.74, 6) is 0.759. The van der Waals surface area contributed by atoms with Gasteiger partial charge in [0, 0.05) is 11.4 Å². The number of hydrogen-bond donors (Lipinski definition) is 1. The predicted molar refractivity (Wildman–Crippen MR) is 110 cm³/mol. The molecule has 3 rings (SSSR count). The van der Waals surface area contributed by atoms with Gasteiger partial charge in [0.15, 0.2) is 0 Å². The van der Waals surface area contributed by atoms with Crippen LogP contribution in [0.1, 0.15) is 65.0 Å². The van der Waals surface area contributed by atoms with Gasteiger partial charge in [0.25, 0.3) is 0 Å². The van der Waals surface area contributed by atoms with Crippen molar-refractivity contribution in [3.8, 4) is 0 Å². The second-order valence-corrected chi connectivity index (χ2v) is 10.5. The highest BCUT2D eigenvalue weighted by Gasteiger charge is 2.45. The molecule has 2 N–H and O–H groups in total. The van der Waals surface area contributed by atoms with Crippen LogP contribution in [0.3, 0.4) is 0 Å². The second-order valence-electron chi connectivity index (χ2n) is 9.33. The highest BCUT2D eigenvalue weighted by molar-refractivity contribution is 8.14. The lowest BCUT2D eigenvalue weighted by atomic mass is 9.64. The maximum absolute atomic E-state index is 12.3. The number of rotatable bonds is 2. The molecule has 1 aliphatic heterocycles. The molecular weight excluding hydrogens is 344 g/mol. The molecule has 2 aliphatic rings. The van der Waals surface area contributed by atoms with Gasteiger partial charge in [-0.3, -0.25) is 9.79 Å². The van der Waals surface area contributed by atoms with Crippen LogP contribution < -0.4 is 5.73 Å². The Morgan fingerprint density at radius 2 is 2.08 bits per heavy atom. The SMILES string of the molecule is CC1(C)Cc2ccc(N)cc2C2(CCSC(CC(=O)OC(C)(C)C)=N2)C1. The Kier molecular flexibility index (Phi) is 4.89. The zero-order valence-electron chi connectivity index (χ0n) is 16.5. The quantitative estimate of drug-likeness (QED) is 0.602. The van der Waals surface area contributed by atoms with Crippen LogP contribution in [0.25, 0.3) is 0 Å². The van der Waals surface area contributed by atoms with Crippen molar-refractivity contribution in [2.45, 2.75) is 71.4 Å². The minimum atomic E-state index is -0.470. The molecule has 4 nitrogen and oxygen atoms in total. The average Bonchev–Trinajstić information content (AvgIpc) is 2.45. The first-order valence-corrected chi connectivity index (χ1v) is 10.3. The Balaban J connectivity index is 1.95. The third-order valence-electron chi connectivity index (χ3n) is 4.91. The number of esters is 1. The van der Waals surface area contributed by atoms with Crippen molar-refractivity contribution in [1.29, 1.82) is 0 Å². The van der Waals surface area contributed by atoms with Gasteiger partial charge in [0.05, 0.1) is 17.0 Å². The minimum absolute atomic E-state index is 0.172. The number of carbonyl (C=O) groups is 1. The summed E-state index contributed by atoms with van der Waals surface area (Å²) in [7, 11) is 0. The summed E-state index contributed by atoms with van der Waals surface area (Å²) in [6.45, 7) is 10.3. The average molecular weight is 375 g/mol. The molecule has 1 unspecified atom stereocenters. The number of nitrogens with zero attached hydrogens (tertiary/aromatic N) is 1. The summed E-state index contributed by atoms with van der Waals surface area (Å²) in [4.78, 5) is 17.4. The largest absolute Gasteiger partial charge is 0.460 e. The molecule has 5 heteroatoms. The van der Waals surface area contributed by atoms with Gasteiger partial charge in [-0.1, -0.05) is 19.9 Å². The lowest BCUT2D eigenvalue weighted by molar-refractivity contribution is -0.153. The van der Waals surface area contributed by atoms with Crippen LogP contribution in [0, 0.1) is 5.41 Å². The number of nitrogens with two attached hydrogens (primary N) is 1. The van der Waals surface area contributed by atoms with Crippen LogP contribution in [0.4, 0.5) is 5.69 Å². The standard InChI is InChI=1S/C21H30N2O2S/c1-19(2,3)25-18(24)11-17-23-21(8-9-26-17)13-20(4,5)12-14-6-7-15(22)10-16(14)21/h6-7,10H,8-9,11-13,22H2,1-5H3. The van der Waals surface area contributed by atoms with E-state index in [1.807, 2.05) is 26.8 Å². The van der Waals surface area contributed by atoms with E-state index in [9.17, 15) is 4.79 Å².